The zero-order valence-corrected chi connectivity index (χ0v) is 19.5. The number of ether oxygens (including phenoxy) is 2. The van der Waals surface area contributed by atoms with E-state index in [1.54, 1.807) is 6.07 Å². The minimum atomic E-state index is -0.783. The van der Waals surface area contributed by atoms with E-state index in [9.17, 15) is 29.8 Å². The van der Waals surface area contributed by atoms with Crippen LogP contribution in [0.2, 0.25) is 0 Å². The molecular weight excluding hydrogens is 490 g/mol. The third-order valence-corrected chi connectivity index (χ3v) is 6.02. The van der Waals surface area contributed by atoms with Crippen LogP contribution in [0.5, 0.6) is 17.2 Å². The van der Waals surface area contributed by atoms with Crippen LogP contribution in [-0.4, -0.2) is 33.0 Å². The number of hydrogen-bond donors (Lipinski definition) is 0. The maximum absolute atomic E-state index is 12.8. The van der Waals surface area contributed by atoms with E-state index >= 15 is 0 Å². The van der Waals surface area contributed by atoms with Crippen molar-refractivity contribution in [2.45, 2.75) is 6.54 Å². The predicted octanol–water partition coefficient (Wildman–Crippen LogP) is 5.54. The maximum atomic E-state index is 12.8. The van der Waals surface area contributed by atoms with Gasteiger partial charge in [0, 0.05) is 6.07 Å². The van der Waals surface area contributed by atoms with Gasteiger partial charge < -0.3 is 9.47 Å². The van der Waals surface area contributed by atoms with Gasteiger partial charge in [0.2, 0.25) is 5.75 Å². The Hall–Kier alpha value is -4.71. The van der Waals surface area contributed by atoms with Gasteiger partial charge in [0.1, 0.15) is 0 Å². The second kappa shape index (κ2) is 10.3. The normalized spacial score (nSPS) is 14.2. The van der Waals surface area contributed by atoms with Gasteiger partial charge in [-0.1, -0.05) is 36.4 Å². The average molecular weight is 507 g/mol. The number of nitro groups is 2. The summed E-state index contributed by atoms with van der Waals surface area (Å²) in [7, 11) is 1.37. The van der Waals surface area contributed by atoms with Crippen LogP contribution in [0.25, 0.3) is 6.08 Å². The first kappa shape index (κ1) is 24.4. The van der Waals surface area contributed by atoms with Gasteiger partial charge in [-0.2, -0.15) is 0 Å². The number of nitrogens with zero attached hydrogens (tertiary/aromatic N) is 3. The van der Waals surface area contributed by atoms with E-state index < -0.39 is 27.1 Å². The molecule has 0 aliphatic carbocycles. The monoisotopic (exact) mass is 507 g/mol. The summed E-state index contributed by atoms with van der Waals surface area (Å²) < 4.78 is 11.0. The number of carbonyl (C=O) groups is 2. The van der Waals surface area contributed by atoms with Crippen LogP contribution in [0, 0.1) is 20.2 Å². The highest BCUT2D eigenvalue weighted by molar-refractivity contribution is 8.18. The molecule has 11 nitrogen and oxygen atoms in total. The van der Waals surface area contributed by atoms with Crippen LogP contribution in [0.1, 0.15) is 11.1 Å². The Kier molecular flexibility index (Phi) is 6.97. The first-order chi connectivity index (χ1) is 17.3. The molecule has 0 atom stereocenters. The highest BCUT2D eigenvalue weighted by Crippen LogP contribution is 2.39. The maximum Gasteiger partial charge on any atom is 0.318 e. The molecule has 1 aliphatic heterocycles. The van der Waals surface area contributed by atoms with Crippen molar-refractivity contribution in [2.24, 2.45) is 0 Å². The Morgan fingerprint density at radius 2 is 1.64 bits per heavy atom. The van der Waals surface area contributed by atoms with Crippen LogP contribution in [0.3, 0.4) is 0 Å². The quantitative estimate of drug-likeness (QED) is 0.218. The Balaban J connectivity index is 1.58. The number of benzene rings is 3. The number of non-ortho nitro benzene ring substituents is 1. The van der Waals surface area contributed by atoms with Crippen molar-refractivity contribution < 1.29 is 28.9 Å². The summed E-state index contributed by atoms with van der Waals surface area (Å²) in [5, 5.41) is 22.0. The van der Waals surface area contributed by atoms with Crippen LogP contribution in [0.4, 0.5) is 16.2 Å². The van der Waals surface area contributed by atoms with E-state index in [1.807, 2.05) is 30.3 Å². The number of hydrogen-bond acceptors (Lipinski definition) is 9. The van der Waals surface area contributed by atoms with E-state index in [0.717, 1.165) is 40.4 Å². The molecular formula is C24H17N3O8S. The topological polar surface area (TPSA) is 142 Å². The number of amides is 2. The lowest BCUT2D eigenvalue weighted by molar-refractivity contribution is -0.394. The van der Waals surface area contributed by atoms with Crippen molar-refractivity contribution in [2.75, 3.05) is 7.11 Å². The molecule has 1 heterocycles. The molecule has 36 heavy (non-hydrogen) atoms. The lowest BCUT2D eigenvalue weighted by Crippen LogP contribution is -2.27. The van der Waals surface area contributed by atoms with E-state index in [1.165, 1.54) is 25.3 Å². The Morgan fingerprint density at radius 1 is 0.917 bits per heavy atom. The summed E-state index contributed by atoms with van der Waals surface area (Å²) in [6, 6.07) is 16.8. The standard InChI is InChI=1S/C24H17N3O8S/c1-34-21-11-16(12-22-23(28)25(24(29)36-22)14-15-5-3-2-4-6-15)7-9-20(21)35-19-10-8-17(26(30)31)13-18(19)27(32)33/h2-13H,14H2,1H3/b22-12-. The second-order valence-electron chi connectivity index (χ2n) is 7.43. The van der Waals surface area contributed by atoms with Crippen molar-refractivity contribution in [3.05, 3.63) is 103 Å². The first-order valence-corrected chi connectivity index (χ1v) is 11.2. The molecule has 1 aliphatic rings. The second-order valence-corrected chi connectivity index (χ2v) is 8.43. The lowest BCUT2D eigenvalue weighted by Gasteiger charge is -2.12. The number of carbonyl (C=O) groups excluding carboxylic acids is 2. The molecule has 0 bridgehead atoms. The summed E-state index contributed by atoms with van der Waals surface area (Å²) in [5.74, 6) is -0.322. The smallest absolute Gasteiger partial charge is 0.318 e. The zero-order chi connectivity index (χ0) is 25.8. The van der Waals surface area contributed by atoms with Crippen LogP contribution in [-0.2, 0) is 11.3 Å². The van der Waals surface area contributed by atoms with Crippen molar-refractivity contribution in [3.8, 4) is 17.2 Å². The number of imide groups is 1. The van der Waals surface area contributed by atoms with Crippen LogP contribution in [0.15, 0.2) is 71.6 Å². The van der Waals surface area contributed by atoms with Gasteiger partial charge in [-0.15, -0.1) is 0 Å². The van der Waals surface area contributed by atoms with Gasteiger partial charge in [-0.05, 0) is 47.2 Å². The van der Waals surface area contributed by atoms with Crippen LogP contribution >= 0.6 is 11.8 Å². The third kappa shape index (κ3) is 5.18. The van der Waals surface area contributed by atoms with E-state index in [0.29, 0.717) is 5.56 Å². The molecule has 4 rings (SSSR count). The van der Waals surface area contributed by atoms with Gasteiger partial charge in [0.25, 0.3) is 16.8 Å². The van der Waals surface area contributed by atoms with E-state index in [2.05, 4.69) is 0 Å². The predicted molar refractivity (Wildman–Crippen MR) is 131 cm³/mol. The molecule has 0 spiro atoms. The van der Waals surface area contributed by atoms with Gasteiger partial charge in [0.05, 0.1) is 34.5 Å². The third-order valence-electron chi connectivity index (χ3n) is 5.11. The fourth-order valence-corrected chi connectivity index (χ4v) is 4.22. The highest BCUT2D eigenvalue weighted by Gasteiger charge is 2.35. The van der Waals surface area contributed by atoms with E-state index in [-0.39, 0.29) is 33.9 Å². The zero-order valence-electron chi connectivity index (χ0n) is 18.7. The van der Waals surface area contributed by atoms with Crippen molar-refractivity contribution in [1.82, 2.24) is 4.90 Å². The molecule has 182 valence electrons. The highest BCUT2D eigenvalue weighted by atomic mass is 32.2. The Morgan fingerprint density at radius 3 is 2.31 bits per heavy atom. The largest absolute Gasteiger partial charge is 0.493 e. The van der Waals surface area contributed by atoms with Crippen LogP contribution < -0.4 is 9.47 Å². The molecule has 0 saturated carbocycles. The number of methoxy groups -OCH3 is 1. The van der Waals surface area contributed by atoms with Gasteiger partial charge in [-0.25, -0.2) is 0 Å². The number of rotatable bonds is 8. The Bertz CT molecular complexity index is 1410. The fourth-order valence-electron chi connectivity index (χ4n) is 3.38. The molecule has 3 aromatic rings. The summed E-state index contributed by atoms with van der Waals surface area (Å²) in [5.41, 5.74) is 0.326. The minimum Gasteiger partial charge on any atom is -0.493 e. The fraction of sp³-hybridized carbons (Fsp3) is 0.0833. The molecule has 12 heteroatoms. The average Bonchev–Trinajstić information content (AvgIpc) is 3.12. The Labute approximate surface area is 208 Å². The first-order valence-electron chi connectivity index (χ1n) is 10.3. The molecule has 3 aromatic carbocycles. The molecule has 0 aromatic heterocycles. The molecule has 0 N–H and O–H groups in total. The van der Waals surface area contributed by atoms with Gasteiger partial charge in [0.15, 0.2) is 11.5 Å². The molecule has 1 fully saturated rings. The van der Waals surface area contributed by atoms with Crippen molar-refractivity contribution >= 4 is 40.4 Å². The van der Waals surface area contributed by atoms with Gasteiger partial charge >= 0.3 is 5.69 Å². The number of thioether (sulfide) groups is 1. The minimum absolute atomic E-state index is 0.115. The molecule has 2 amide bonds. The van der Waals surface area contributed by atoms with Gasteiger partial charge in [-0.3, -0.25) is 34.7 Å². The summed E-state index contributed by atoms with van der Waals surface area (Å²) in [6.07, 6.45) is 1.54. The summed E-state index contributed by atoms with van der Waals surface area (Å²) in [6.45, 7) is 0.160. The molecule has 0 radical (unpaired) electrons. The summed E-state index contributed by atoms with van der Waals surface area (Å²) >= 11 is 0.821. The van der Waals surface area contributed by atoms with E-state index in [4.69, 9.17) is 9.47 Å². The molecule has 0 unspecified atom stereocenters. The number of nitro benzene ring substituents is 2. The van der Waals surface area contributed by atoms with Crippen molar-refractivity contribution in [3.63, 3.8) is 0 Å². The van der Waals surface area contributed by atoms with Crippen molar-refractivity contribution in [1.29, 1.82) is 0 Å². The lowest BCUT2D eigenvalue weighted by atomic mass is 10.1. The summed E-state index contributed by atoms with van der Waals surface area (Å²) in [4.78, 5) is 47.4. The SMILES string of the molecule is COc1cc(/C=C2\SC(=O)N(Cc3ccccc3)C2=O)ccc1Oc1ccc([N+](=O)[O-])cc1[N+](=O)[O-]. The molecule has 1 saturated heterocycles.